The van der Waals surface area contributed by atoms with Gasteiger partial charge in [0.05, 0.1) is 16.3 Å². The van der Waals surface area contributed by atoms with Gasteiger partial charge in [-0.3, -0.25) is 14.5 Å². The Labute approximate surface area is 121 Å². The molecule has 1 N–H and O–H groups in total. The van der Waals surface area contributed by atoms with Crippen LogP contribution in [-0.2, 0) is 9.59 Å². The average Bonchev–Trinajstić information content (AvgIpc) is 2.60. The molecule has 106 valence electrons. The molecule has 20 heavy (non-hydrogen) atoms. The second kappa shape index (κ2) is 5.25. The van der Waals surface area contributed by atoms with Gasteiger partial charge in [0.25, 0.3) is 11.7 Å². The smallest absolute Gasteiger partial charge is 0.326 e. The lowest BCUT2D eigenvalue weighted by molar-refractivity contribution is -0.140. The summed E-state index contributed by atoms with van der Waals surface area (Å²) in [5.74, 6) is -2.64. The number of hydrogen-bond donors (Lipinski definition) is 1. The molecule has 1 atom stereocenters. The molecule has 6 heteroatoms. The third-order valence-electron chi connectivity index (χ3n) is 3.18. The average molecular weight is 296 g/mol. The van der Waals surface area contributed by atoms with E-state index in [2.05, 4.69) is 0 Å². The molecule has 0 bridgehead atoms. The van der Waals surface area contributed by atoms with Gasteiger partial charge in [-0.15, -0.1) is 0 Å². The maximum atomic E-state index is 12.1. The Balaban J connectivity index is 2.52. The molecule has 1 heterocycles. The highest BCUT2D eigenvalue weighted by Crippen LogP contribution is 2.36. The van der Waals surface area contributed by atoms with Crippen molar-refractivity contribution in [2.45, 2.75) is 26.3 Å². The number of carboxylic acids is 1. The molecule has 2 rings (SSSR count). The number of hydrogen-bond acceptors (Lipinski definition) is 3. The van der Waals surface area contributed by atoms with Crippen LogP contribution in [0, 0.1) is 5.92 Å². The number of carboxylic acid groups (broad SMARTS) is 1. The zero-order chi connectivity index (χ0) is 15.0. The fourth-order valence-electron chi connectivity index (χ4n) is 2.34. The minimum absolute atomic E-state index is 0.0715. The van der Waals surface area contributed by atoms with E-state index >= 15 is 0 Å². The molecule has 1 aliphatic rings. The first-order valence-electron chi connectivity index (χ1n) is 6.23. The van der Waals surface area contributed by atoms with Crippen LogP contribution < -0.4 is 4.90 Å². The Morgan fingerprint density at radius 3 is 2.55 bits per heavy atom. The summed E-state index contributed by atoms with van der Waals surface area (Å²) >= 11 is 5.94. The summed E-state index contributed by atoms with van der Waals surface area (Å²) in [6.07, 6.45) is 0.264. The number of fused-ring (bicyclic) bond motifs is 1. The van der Waals surface area contributed by atoms with Crippen molar-refractivity contribution in [2.24, 2.45) is 5.92 Å². The van der Waals surface area contributed by atoms with Crippen LogP contribution >= 0.6 is 11.6 Å². The number of amides is 1. The van der Waals surface area contributed by atoms with E-state index in [0.29, 0.717) is 0 Å². The number of carbonyl (C=O) groups is 3. The van der Waals surface area contributed by atoms with Crippen molar-refractivity contribution < 1.29 is 19.5 Å². The van der Waals surface area contributed by atoms with E-state index in [1.807, 2.05) is 13.8 Å². The highest BCUT2D eigenvalue weighted by molar-refractivity contribution is 6.55. The number of aliphatic carboxylic acids is 1. The predicted molar refractivity (Wildman–Crippen MR) is 74.1 cm³/mol. The van der Waals surface area contributed by atoms with Gasteiger partial charge < -0.3 is 5.11 Å². The summed E-state index contributed by atoms with van der Waals surface area (Å²) in [7, 11) is 0. The van der Waals surface area contributed by atoms with Crippen LogP contribution in [-0.4, -0.2) is 28.8 Å². The lowest BCUT2D eigenvalue weighted by atomic mass is 10.0. The zero-order valence-electron chi connectivity index (χ0n) is 11.1. The van der Waals surface area contributed by atoms with Gasteiger partial charge in [-0.25, -0.2) is 4.79 Å². The van der Waals surface area contributed by atoms with Crippen molar-refractivity contribution in [3.63, 3.8) is 0 Å². The second-order valence-corrected chi connectivity index (χ2v) is 5.53. The summed E-state index contributed by atoms with van der Waals surface area (Å²) < 4.78 is 0. The molecule has 1 amide bonds. The van der Waals surface area contributed by atoms with E-state index in [-0.39, 0.29) is 28.6 Å². The standard InChI is InChI=1S/C14H14ClNO4/c1-7(2)6-10(14(19)20)16-9-5-3-4-8(15)11(9)12(17)13(16)18/h3-5,7,10H,6H2,1-2H3,(H,19,20). The SMILES string of the molecule is CC(C)CC(C(=O)O)N1C(=O)C(=O)c2c(Cl)cccc21. The Bertz CT molecular complexity index is 597. The van der Waals surface area contributed by atoms with Gasteiger partial charge in [0.2, 0.25) is 0 Å². The molecule has 0 radical (unpaired) electrons. The quantitative estimate of drug-likeness (QED) is 0.865. The van der Waals surface area contributed by atoms with Crippen molar-refractivity contribution in [1.29, 1.82) is 0 Å². The van der Waals surface area contributed by atoms with Crippen molar-refractivity contribution in [1.82, 2.24) is 0 Å². The first-order chi connectivity index (χ1) is 9.34. The van der Waals surface area contributed by atoms with Gasteiger partial charge in [0.1, 0.15) is 6.04 Å². The maximum absolute atomic E-state index is 12.1. The number of anilines is 1. The fraction of sp³-hybridized carbons (Fsp3) is 0.357. The van der Waals surface area contributed by atoms with Gasteiger partial charge in [0.15, 0.2) is 0 Å². The molecular weight excluding hydrogens is 282 g/mol. The number of halogens is 1. The summed E-state index contributed by atoms with van der Waals surface area (Å²) in [6, 6.07) is 3.58. The summed E-state index contributed by atoms with van der Waals surface area (Å²) in [5, 5.41) is 9.51. The van der Waals surface area contributed by atoms with E-state index < -0.39 is 23.7 Å². The van der Waals surface area contributed by atoms with Gasteiger partial charge in [-0.2, -0.15) is 0 Å². The summed E-state index contributed by atoms with van der Waals surface area (Å²) in [5.41, 5.74) is 0.370. The number of benzene rings is 1. The Morgan fingerprint density at radius 1 is 1.35 bits per heavy atom. The Hall–Kier alpha value is -1.88. The largest absolute Gasteiger partial charge is 0.480 e. The van der Waals surface area contributed by atoms with Crippen LogP contribution in [0.15, 0.2) is 18.2 Å². The highest BCUT2D eigenvalue weighted by atomic mass is 35.5. The first kappa shape index (κ1) is 14.5. The summed E-state index contributed by atoms with van der Waals surface area (Å²) in [6.45, 7) is 3.72. The van der Waals surface area contributed by atoms with Gasteiger partial charge in [-0.05, 0) is 24.5 Å². The normalized spacial score (nSPS) is 15.7. The molecule has 1 aromatic rings. The predicted octanol–water partition coefficient (Wildman–Crippen LogP) is 2.37. The molecule has 0 aliphatic carbocycles. The van der Waals surface area contributed by atoms with E-state index in [0.717, 1.165) is 4.90 Å². The fourth-order valence-corrected chi connectivity index (χ4v) is 2.59. The third kappa shape index (κ3) is 2.29. The van der Waals surface area contributed by atoms with Crippen LogP contribution in [0.5, 0.6) is 0 Å². The highest BCUT2D eigenvalue weighted by Gasteiger charge is 2.43. The van der Waals surface area contributed by atoms with Crippen molar-refractivity contribution >= 4 is 34.9 Å². The second-order valence-electron chi connectivity index (χ2n) is 5.12. The van der Waals surface area contributed by atoms with Gasteiger partial charge in [-0.1, -0.05) is 31.5 Å². The minimum Gasteiger partial charge on any atom is -0.480 e. The van der Waals surface area contributed by atoms with Crippen LogP contribution in [0.3, 0.4) is 0 Å². The maximum Gasteiger partial charge on any atom is 0.326 e. The van der Waals surface area contributed by atoms with Crippen LogP contribution in [0.4, 0.5) is 5.69 Å². The zero-order valence-corrected chi connectivity index (χ0v) is 11.8. The molecule has 0 saturated heterocycles. The number of Topliss-reactive ketones (excluding diaryl/α,β-unsaturated/α-hetero) is 1. The first-order valence-corrected chi connectivity index (χ1v) is 6.61. The van der Waals surface area contributed by atoms with E-state index in [9.17, 15) is 19.5 Å². The molecule has 0 spiro atoms. The lowest BCUT2D eigenvalue weighted by Crippen LogP contribution is -2.45. The molecule has 0 saturated carbocycles. The molecule has 1 unspecified atom stereocenters. The Kier molecular flexibility index (Phi) is 3.81. The molecule has 0 aromatic heterocycles. The third-order valence-corrected chi connectivity index (χ3v) is 3.50. The number of nitrogens with zero attached hydrogens (tertiary/aromatic N) is 1. The van der Waals surface area contributed by atoms with Crippen molar-refractivity contribution in [3.8, 4) is 0 Å². The molecule has 1 aliphatic heterocycles. The van der Waals surface area contributed by atoms with E-state index in [4.69, 9.17) is 11.6 Å². The molecule has 1 aromatic carbocycles. The van der Waals surface area contributed by atoms with E-state index in [1.54, 1.807) is 12.1 Å². The topological polar surface area (TPSA) is 74.7 Å². The number of ketones is 1. The number of carbonyl (C=O) groups excluding carboxylic acids is 2. The van der Waals surface area contributed by atoms with Crippen LogP contribution in [0.2, 0.25) is 5.02 Å². The molecule has 0 fully saturated rings. The van der Waals surface area contributed by atoms with E-state index in [1.165, 1.54) is 6.07 Å². The van der Waals surface area contributed by atoms with Crippen LogP contribution in [0.1, 0.15) is 30.6 Å². The number of rotatable bonds is 4. The molecule has 5 nitrogen and oxygen atoms in total. The summed E-state index contributed by atoms with van der Waals surface area (Å²) in [4.78, 5) is 36.5. The van der Waals surface area contributed by atoms with Crippen molar-refractivity contribution in [3.05, 3.63) is 28.8 Å². The van der Waals surface area contributed by atoms with Crippen LogP contribution in [0.25, 0.3) is 0 Å². The lowest BCUT2D eigenvalue weighted by Gasteiger charge is -2.25. The minimum atomic E-state index is -1.13. The van der Waals surface area contributed by atoms with Gasteiger partial charge in [0, 0.05) is 0 Å². The Morgan fingerprint density at radius 2 is 2.00 bits per heavy atom. The van der Waals surface area contributed by atoms with Crippen molar-refractivity contribution in [2.75, 3.05) is 4.90 Å². The molecular formula is C14H14ClNO4. The van der Waals surface area contributed by atoms with Gasteiger partial charge >= 0.3 is 5.97 Å². The monoisotopic (exact) mass is 295 g/mol.